The van der Waals surface area contributed by atoms with Gasteiger partial charge in [0.25, 0.3) is 0 Å². The van der Waals surface area contributed by atoms with Crippen LogP contribution in [0.25, 0.3) is 0 Å². The number of carbonyl (C=O) groups excluding carboxylic acids is 1. The SMILES string of the molecule is C=CC(=O)OCCCCC[Si](OC)(OC)c1ccccc1. The smallest absolute Gasteiger partial charge is 0.371 e. The predicted molar refractivity (Wildman–Crippen MR) is 85.7 cm³/mol. The largest absolute Gasteiger partial charge is 0.463 e. The number of benzene rings is 1. The van der Waals surface area contributed by atoms with E-state index in [1.807, 2.05) is 18.2 Å². The highest BCUT2D eigenvalue weighted by Crippen LogP contribution is 2.17. The summed E-state index contributed by atoms with van der Waals surface area (Å²) in [5, 5.41) is 1.15. The Kier molecular flexibility index (Phi) is 7.96. The van der Waals surface area contributed by atoms with Crippen molar-refractivity contribution in [2.24, 2.45) is 0 Å². The molecule has 1 aromatic carbocycles. The van der Waals surface area contributed by atoms with Crippen molar-refractivity contribution in [2.75, 3.05) is 20.8 Å². The van der Waals surface area contributed by atoms with Crippen LogP contribution in [-0.2, 0) is 18.4 Å². The third kappa shape index (κ3) is 5.45. The molecule has 1 rings (SSSR count). The zero-order chi connectivity index (χ0) is 15.6. The Labute approximate surface area is 128 Å². The van der Waals surface area contributed by atoms with Gasteiger partial charge in [-0.15, -0.1) is 0 Å². The van der Waals surface area contributed by atoms with Crippen molar-refractivity contribution in [2.45, 2.75) is 25.3 Å². The van der Waals surface area contributed by atoms with Crippen LogP contribution in [0, 0.1) is 0 Å². The number of hydrogen-bond donors (Lipinski definition) is 0. The fourth-order valence-corrected chi connectivity index (χ4v) is 4.98. The predicted octanol–water partition coefficient (Wildman–Crippen LogP) is 2.53. The van der Waals surface area contributed by atoms with Crippen LogP contribution >= 0.6 is 0 Å². The molecule has 0 bridgehead atoms. The van der Waals surface area contributed by atoms with E-state index >= 15 is 0 Å². The van der Waals surface area contributed by atoms with E-state index in [1.54, 1.807) is 14.2 Å². The van der Waals surface area contributed by atoms with E-state index in [0.717, 1.165) is 30.5 Å². The summed E-state index contributed by atoms with van der Waals surface area (Å²) < 4.78 is 16.5. The van der Waals surface area contributed by atoms with Gasteiger partial charge < -0.3 is 13.6 Å². The second-order valence-corrected chi connectivity index (χ2v) is 8.11. The molecule has 0 aromatic heterocycles. The molecule has 0 unspecified atom stereocenters. The van der Waals surface area contributed by atoms with Crippen molar-refractivity contribution in [1.29, 1.82) is 0 Å². The average Bonchev–Trinajstić information content (AvgIpc) is 2.55. The molecule has 0 fully saturated rings. The minimum atomic E-state index is -2.33. The first-order valence-electron chi connectivity index (χ1n) is 7.13. The lowest BCUT2D eigenvalue weighted by molar-refractivity contribution is -0.137. The Balaban J connectivity index is 2.42. The van der Waals surface area contributed by atoms with E-state index in [-0.39, 0.29) is 5.97 Å². The zero-order valence-electron chi connectivity index (χ0n) is 12.8. The molecule has 0 atom stereocenters. The lowest BCUT2D eigenvalue weighted by Gasteiger charge is -2.27. The minimum Gasteiger partial charge on any atom is -0.463 e. The van der Waals surface area contributed by atoms with Gasteiger partial charge in [0.05, 0.1) is 6.61 Å². The maximum atomic E-state index is 10.9. The van der Waals surface area contributed by atoms with Gasteiger partial charge in [-0.3, -0.25) is 0 Å². The van der Waals surface area contributed by atoms with Crippen LogP contribution in [0.4, 0.5) is 0 Å². The maximum Gasteiger partial charge on any atom is 0.371 e. The van der Waals surface area contributed by atoms with E-state index in [2.05, 4.69) is 18.7 Å². The van der Waals surface area contributed by atoms with Crippen molar-refractivity contribution >= 4 is 19.7 Å². The molecule has 0 saturated carbocycles. The van der Waals surface area contributed by atoms with Crippen LogP contribution in [0.2, 0.25) is 6.04 Å². The summed E-state index contributed by atoms with van der Waals surface area (Å²) in [5.41, 5.74) is 0. The van der Waals surface area contributed by atoms with Gasteiger partial charge in [0, 0.05) is 20.3 Å². The molecule has 0 radical (unpaired) electrons. The van der Waals surface area contributed by atoms with Crippen LogP contribution < -0.4 is 5.19 Å². The first kappa shape index (κ1) is 17.6. The Morgan fingerprint density at radius 2 is 1.81 bits per heavy atom. The second-order valence-electron chi connectivity index (χ2n) is 4.71. The summed E-state index contributed by atoms with van der Waals surface area (Å²) >= 11 is 0. The first-order chi connectivity index (χ1) is 10.2. The van der Waals surface area contributed by atoms with Crippen molar-refractivity contribution in [3.63, 3.8) is 0 Å². The summed E-state index contributed by atoms with van der Waals surface area (Å²) in [6.45, 7) is 3.80. The monoisotopic (exact) mass is 308 g/mol. The molecule has 21 heavy (non-hydrogen) atoms. The molecule has 0 amide bonds. The van der Waals surface area contributed by atoms with E-state index in [9.17, 15) is 4.79 Å². The van der Waals surface area contributed by atoms with Gasteiger partial charge in [0.2, 0.25) is 0 Å². The number of esters is 1. The molecule has 5 heteroatoms. The average molecular weight is 308 g/mol. The molecule has 0 spiro atoms. The minimum absolute atomic E-state index is 0.364. The topological polar surface area (TPSA) is 44.8 Å². The van der Waals surface area contributed by atoms with Gasteiger partial charge in [-0.25, -0.2) is 4.79 Å². The lowest BCUT2D eigenvalue weighted by atomic mass is 10.3. The molecule has 0 N–H and O–H groups in total. The highest BCUT2D eigenvalue weighted by Gasteiger charge is 2.37. The van der Waals surface area contributed by atoms with Crippen molar-refractivity contribution in [3.05, 3.63) is 43.0 Å². The van der Waals surface area contributed by atoms with E-state index in [4.69, 9.17) is 13.6 Å². The molecular formula is C16H24O4Si. The van der Waals surface area contributed by atoms with Gasteiger partial charge in [0.1, 0.15) is 0 Å². The molecule has 0 aliphatic heterocycles. The fourth-order valence-electron chi connectivity index (χ4n) is 2.23. The van der Waals surface area contributed by atoms with E-state index in [0.29, 0.717) is 6.61 Å². The molecule has 0 saturated heterocycles. The van der Waals surface area contributed by atoms with Crippen LogP contribution in [0.3, 0.4) is 0 Å². The molecule has 0 aliphatic carbocycles. The zero-order valence-corrected chi connectivity index (χ0v) is 13.8. The highest BCUT2D eigenvalue weighted by molar-refractivity contribution is 6.81. The Morgan fingerprint density at radius 3 is 2.38 bits per heavy atom. The van der Waals surface area contributed by atoms with E-state index in [1.165, 1.54) is 6.08 Å². The first-order valence-corrected chi connectivity index (χ1v) is 9.16. The second kappa shape index (κ2) is 9.49. The summed E-state index contributed by atoms with van der Waals surface area (Å²) in [5.74, 6) is -0.364. The van der Waals surface area contributed by atoms with Gasteiger partial charge in [-0.2, -0.15) is 0 Å². The van der Waals surface area contributed by atoms with Crippen LogP contribution in [0.1, 0.15) is 19.3 Å². The van der Waals surface area contributed by atoms with Gasteiger partial charge in [-0.1, -0.05) is 49.8 Å². The third-order valence-electron chi connectivity index (χ3n) is 3.43. The summed E-state index contributed by atoms with van der Waals surface area (Å²) in [7, 11) is 1.10. The van der Waals surface area contributed by atoms with Gasteiger partial charge in [-0.05, 0) is 17.7 Å². The molecule has 4 nitrogen and oxygen atoms in total. The Morgan fingerprint density at radius 1 is 1.14 bits per heavy atom. The van der Waals surface area contributed by atoms with Crippen molar-refractivity contribution in [1.82, 2.24) is 0 Å². The number of ether oxygens (including phenoxy) is 1. The van der Waals surface area contributed by atoms with Crippen LogP contribution in [0.5, 0.6) is 0 Å². The molecule has 116 valence electrons. The third-order valence-corrected chi connectivity index (χ3v) is 6.98. The highest BCUT2D eigenvalue weighted by atomic mass is 28.4. The number of rotatable bonds is 10. The number of carbonyl (C=O) groups is 1. The normalized spacial score (nSPS) is 11.1. The standard InChI is InChI=1S/C16H24O4Si/c1-4-16(17)20-13-9-6-10-14-21(18-2,19-3)15-11-7-5-8-12-15/h4-5,7-8,11-12H,1,6,9-10,13-14H2,2-3H3. The number of hydrogen-bond acceptors (Lipinski definition) is 4. The Hall–Kier alpha value is -1.43. The van der Waals surface area contributed by atoms with Crippen LogP contribution in [0.15, 0.2) is 43.0 Å². The summed E-state index contributed by atoms with van der Waals surface area (Å²) in [4.78, 5) is 10.9. The Bertz CT molecular complexity index is 429. The maximum absolute atomic E-state index is 10.9. The van der Waals surface area contributed by atoms with E-state index < -0.39 is 8.56 Å². The molecule has 0 heterocycles. The summed E-state index contributed by atoms with van der Waals surface area (Å²) in [6.07, 6.45) is 3.97. The molecule has 0 aliphatic rings. The fraction of sp³-hybridized carbons (Fsp3) is 0.438. The molecular weight excluding hydrogens is 284 g/mol. The number of unbranched alkanes of at least 4 members (excludes halogenated alkanes) is 2. The van der Waals surface area contributed by atoms with Crippen molar-refractivity contribution < 1.29 is 18.4 Å². The van der Waals surface area contributed by atoms with Gasteiger partial charge >= 0.3 is 14.5 Å². The quantitative estimate of drug-likeness (QED) is 0.288. The van der Waals surface area contributed by atoms with Crippen LogP contribution in [-0.4, -0.2) is 35.4 Å². The molecule has 1 aromatic rings. The summed E-state index contributed by atoms with van der Waals surface area (Å²) in [6, 6.07) is 11.0. The van der Waals surface area contributed by atoms with Gasteiger partial charge in [0.15, 0.2) is 0 Å². The lowest BCUT2D eigenvalue weighted by Crippen LogP contribution is -2.52. The van der Waals surface area contributed by atoms with Crippen molar-refractivity contribution in [3.8, 4) is 0 Å².